The Hall–Kier alpha value is -2.76. The number of hydrogen-bond acceptors (Lipinski definition) is 8. The number of nitrogens with zero attached hydrogens (tertiary/aromatic N) is 3. The van der Waals surface area contributed by atoms with E-state index in [0.29, 0.717) is 68.6 Å². The molecule has 0 radical (unpaired) electrons. The minimum atomic E-state index is -3.37. The zero-order chi connectivity index (χ0) is 25.1. The van der Waals surface area contributed by atoms with Crippen LogP contribution in [0, 0.1) is 0 Å². The molecule has 1 saturated heterocycles. The highest BCUT2D eigenvalue weighted by Gasteiger charge is 2.49. The largest absolute Gasteiger partial charge is 0.396 e. The van der Waals surface area contributed by atoms with E-state index in [9.17, 15) is 13.2 Å². The maximum Gasteiger partial charge on any atom is 0.319 e. The van der Waals surface area contributed by atoms with Gasteiger partial charge < -0.3 is 25.4 Å². The topological polar surface area (TPSA) is 134 Å². The summed E-state index contributed by atoms with van der Waals surface area (Å²) in [6, 6.07) is 8.70. The third-order valence-electron chi connectivity index (χ3n) is 6.73. The fraction of sp³-hybridized carbons (Fsp3) is 0.542. The van der Waals surface area contributed by atoms with Gasteiger partial charge in [-0.2, -0.15) is 0 Å². The predicted octanol–water partition coefficient (Wildman–Crippen LogP) is 2.30. The number of aliphatic hydroxyl groups excluding tert-OH is 1. The molecular formula is C24H33N5O5S. The molecule has 2 aliphatic rings. The Bertz CT molecular complexity index is 1150. The highest BCUT2D eigenvalue weighted by atomic mass is 32.2. The zero-order valence-electron chi connectivity index (χ0n) is 20.2. The van der Waals surface area contributed by atoms with Gasteiger partial charge in [0.25, 0.3) is 0 Å². The molecule has 11 heteroatoms. The number of aliphatic hydroxyl groups is 1. The third kappa shape index (κ3) is 5.41. The lowest BCUT2D eigenvalue weighted by Gasteiger charge is -2.40. The van der Waals surface area contributed by atoms with E-state index in [0.717, 1.165) is 12.0 Å². The molecule has 35 heavy (non-hydrogen) atoms. The fourth-order valence-electron chi connectivity index (χ4n) is 4.49. The molecule has 2 fully saturated rings. The minimum absolute atomic E-state index is 0.0138. The Morgan fingerprint density at radius 3 is 2.60 bits per heavy atom. The number of rotatable bonds is 8. The normalized spacial score (nSPS) is 19.6. The van der Waals surface area contributed by atoms with Crippen molar-refractivity contribution in [3.05, 3.63) is 36.0 Å². The van der Waals surface area contributed by atoms with E-state index in [-0.39, 0.29) is 18.7 Å². The van der Waals surface area contributed by atoms with Gasteiger partial charge >= 0.3 is 6.03 Å². The molecule has 4 rings (SSSR count). The predicted molar refractivity (Wildman–Crippen MR) is 134 cm³/mol. The number of hydrogen-bond donors (Lipinski definition) is 3. The molecule has 0 spiro atoms. The van der Waals surface area contributed by atoms with Gasteiger partial charge in [-0.05, 0) is 56.9 Å². The van der Waals surface area contributed by atoms with E-state index < -0.39 is 14.6 Å². The monoisotopic (exact) mass is 503 g/mol. The molecule has 0 unspecified atom stereocenters. The van der Waals surface area contributed by atoms with Gasteiger partial charge in [-0.25, -0.2) is 23.2 Å². The van der Waals surface area contributed by atoms with Crippen LogP contribution in [-0.4, -0.2) is 74.7 Å². The van der Waals surface area contributed by atoms with Crippen molar-refractivity contribution in [1.29, 1.82) is 0 Å². The Labute approximate surface area is 206 Å². The molecule has 1 aromatic carbocycles. The number of anilines is 2. The number of urea groups is 1. The Morgan fingerprint density at radius 2 is 2.00 bits per heavy atom. The maximum absolute atomic E-state index is 12.8. The smallest absolute Gasteiger partial charge is 0.319 e. The average molecular weight is 504 g/mol. The number of sulfone groups is 1. The molecule has 1 atom stereocenters. The molecule has 2 aromatic rings. The molecule has 1 aromatic heterocycles. The summed E-state index contributed by atoms with van der Waals surface area (Å²) in [7, 11) is -3.37. The Kier molecular flexibility index (Phi) is 7.58. The second-order valence-corrected chi connectivity index (χ2v) is 11.5. The number of benzene rings is 1. The standard InChI is InChI=1S/C24H33N5O5S/c1-17-16-34-14-12-29(17)21-15-20(24(9-3-10-24)35(2,32)33)27-22(28-21)18-5-7-19(8-6-18)26-23(31)25-11-4-13-30/h5-8,15,17,30H,3-4,9-14,16H2,1-2H3,(H2,25,26,31)/t17-/m0/s1. The lowest BCUT2D eigenvalue weighted by molar-refractivity contribution is 0.0985. The van der Waals surface area contributed by atoms with Gasteiger partial charge in [-0.1, -0.05) is 0 Å². The number of amides is 2. The summed E-state index contributed by atoms with van der Waals surface area (Å²) >= 11 is 0. The molecule has 2 amide bonds. The van der Waals surface area contributed by atoms with Crippen LogP contribution in [0.1, 0.15) is 38.3 Å². The number of ether oxygens (including phenoxy) is 1. The van der Waals surface area contributed by atoms with E-state index in [4.69, 9.17) is 19.8 Å². The summed E-state index contributed by atoms with van der Waals surface area (Å²) in [6.07, 6.45) is 3.72. The molecule has 3 N–H and O–H groups in total. The van der Waals surface area contributed by atoms with Gasteiger partial charge in [0.2, 0.25) is 0 Å². The number of morpholine rings is 1. The molecule has 0 bridgehead atoms. The van der Waals surface area contributed by atoms with Gasteiger partial charge in [-0.3, -0.25) is 0 Å². The number of aromatic nitrogens is 2. The summed E-state index contributed by atoms with van der Waals surface area (Å²) in [5, 5.41) is 14.3. The van der Waals surface area contributed by atoms with Crippen molar-refractivity contribution in [3.63, 3.8) is 0 Å². The lowest BCUT2D eigenvalue weighted by atomic mass is 9.81. The van der Waals surface area contributed by atoms with E-state index in [2.05, 4.69) is 22.5 Å². The van der Waals surface area contributed by atoms with Crippen LogP contribution in [0.3, 0.4) is 0 Å². The quantitative estimate of drug-likeness (QED) is 0.467. The van der Waals surface area contributed by atoms with Gasteiger partial charge in [-0.15, -0.1) is 0 Å². The fourth-order valence-corrected chi connectivity index (χ4v) is 6.00. The van der Waals surface area contributed by atoms with E-state index in [1.54, 1.807) is 12.1 Å². The lowest BCUT2D eigenvalue weighted by Crippen LogP contribution is -2.45. The SMILES string of the molecule is C[C@H]1COCCN1c1cc(C2(S(C)(=O)=O)CCC2)nc(-c2ccc(NC(=O)NCCCO)cc2)n1. The molecule has 1 saturated carbocycles. The second-order valence-electron chi connectivity index (χ2n) is 9.21. The first-order valence-electron chi connectivity index (χ1n) is 11.9. The summed E-state index contributed by atoms with van der Waals surface area (Å²) in [4.78, 5) is 23.7. The van der Waals surface area contributed by atoms with Crippen molar-refractivity contribution in [1.82, 2.24) is 15.3 Å². The van der Waals surface area contributed by atoms with Crippen molar-refractivity contribution in [3.8, 4) is 11.4 Å². The molecular weight excluding hydrogens is 470 g/mol. The zero-order valence-corrected chi connectivity index (χ0v) is 21.0. The van der Waals surface area contributed by atoms with Crippen molar-refractivity contribution in [2.75, 3.05) is 49.4 Å². The van der Waals surface area contributed by atoms with Gasteiger partial charge in [0.15, 0.2) is 15.7 Å². The molecule has 2 heterocycles. The van der Waals surface area contributed by atoms with Crippen LogP contribution in [0.15, 0.2) is 30.3 Å². The second kappa shape index (κ2) is 10.5. The third-order valence-corrected chi connectivity index (χ3v) is 8.77. The van der Waals surface area contributed by atoms with E-state index in [1.165, 1.54) is 6.26 Å². The minimum Gasteiger partial charge on any atom is -0.396 e. The van der Waals surface area contributed by atoms with Crippen LogP contribution in [0.25, 0.3) is 11.4 Å². The summed E-state index contributed by atoms with van der Waals surface area (Å²) in [5.74, 6) is 1.14. The Balaban J connectivity index is 1.66. The van der Waals surface area contributed by atoms with Crippen LogP contribution in [0.4, 0.5) is 16.3 Å². The van der Waals surface area contributed by atoms with E-state index in [1.807, 2.05) is 18.2 Å². The van der Waals surface area contributed by atoms with Gasteiger partial charge in [0.1, 0.15) is 10.6 Å². The van der Waals surface area contributed by atoms with Crippen LogP contribution >= 0.6 is 0 Å². The van der Waals surface area contributed by atoms with Crippen LogP contribution in [-0.2, 0) is 19.3 Å². The highest BCUT2D eigenvalue weighted by molar-refractivity contribution is 7.91. The number of nitrogens with one attached hydrogen (secondary N) is 2. The van der Waals surface area contributed by atoms with Crippen LogP contribution in [0.2, 0.25) is 0 Å². The molecule has 10 nitrogen and oxygen atoms in total. The average Bonchev–Trinajstić information content (AvgIpc) is 2.78. The first kappa shape index (κ1) is 25.3. The Morgan fingerprint density at radius 1 is 1.26 bits per heavy atom. The molecule has 1 aliphatic carbocycles. The van der Waals surface area contributed by atoms with Gasteiger partial charge in [0.05, 0.1) is 24.9 Å². The van der Waals surface area contributed by atoms with Crippen molar-refractivity contribution < 1.29 is 23.1 Å². The first-order valence-corrected chi connectivity index (χ1v) is 13.8. The first-order chi connectivity index (χ1) is 16.7. The van der Waals surface area contributed by atoms with E-state index >= 15 is 0 Å². The summed E-state index contributed by atoms with van der Waals surface area (Å²) in [6.45, 7) is 4.27. The maximum atomic E-state index is 12.8. The number of carbonyl (C=O) groups is 1. The summed E-state index contributed by atoms with van der Waals surface area (Å²) in [5.41, 5.74) is 1.86. The van der Waals surface area contributed by atoms with Crippen molar-refractivity contribution in [2.45, 2.75) is 43.4 Å². The van der Waals surface area contributed by atoms with Crippen molar-refractivity contribution in [2.24, 2.45) is 0 Å². The number of carbonyl (C=O) groups excluding carboxylic acids is 1. The highest BCUT2D eigenvalue weighted by Crippen LogP contribution is 2.48. The molecule has 1 aliphatic heterocycles. The van der Waals surface area contributed by atoms with Crippen LogP contribution in [0.5, 0.6) is 0 Å². The van der Waals surface area contributed by atoms with Crippen molar-refractivity contribution >= 4 is 27.4 Å². The molecule has 190 valence electrons. The van der Waals surface area contributed by atoms with Crippen LogP contribution < -0.4 is 15.5 Å². The summed E-state index contributed by atoms with van der Waals surface area (Å²) < 4.78 is 30.2. The van der Waals surface area contributed by atoms with Gasteiger partial charge in [0, 0.05) is 43.3 Å².